The smallest absolute Gasteiger partial charge is 0.341 e. The maximum Gasteiger partial charge on any atom is 0.341 e. The van der Waals surface area contributed by atoms with Gasteiger partial charge in [0.05, 0.1) is 6.26 Å². The zero-order valence-electron chi connectivity index (χ0n) is 9.33. The minimum absolute atomic E-state index is 0.232. The number of furan rings is 1. The highest BCUT2D eigenvalue weighted by molar-refractivity contribution is 6.07. The van der Waals surface area contributed by atoms with Gasteiger partial charge in [-0.1, -0.05) is 0 Å². The van der Waals surface area contributed by atoms with Gasteiger partial charge in [-0.05, 0) is 36.4 Å². The van der Waals surface area contributed by atoms with E-state index in [0.29, 0.717) is 11.3 Å². The molecule has 0 aliphatic heterocycles. The van der Waals surface area contributed by atoms with Crippen LogP contribution in [0.4, 0.5) is 0 Å². The second kappa shape index (κ2) is 5.18. The van der Waals surface area contributed by atoms with Gasteiger partial charge in [0.25, 0.3) is 0 Å². The lowest BCUT2D eigenvalue weighted by Gasteiger charge is -2.03. The minimum Gasteiger partial charge on any atom is -0.482 e. The Kier molecular flexibility index (Phi) is 3.43. The number of rotatable bonds is 5. The molecule has 1 heterocycles. The number of hydrogen-bond donors (Lipinski definition) is 1. The number of aliphatic carboxylic acids is 1. The van der Waals surface area contributed by atoms with Crippen molar-refractivity contribution in [1.29, 1.82) is 0 Å². The second-order valence-corrected chi connectivity index (χ2v) is 3.51. The van der Waals surface area contributed by atoms with Gasteiger partial charge in [-0.2, -0.15) is 0 Å². The average molecular weight is 246 g/mol. The molecule has 0 aliphatic rings. The van der Waals surface area contributed by atoms with Crippen molar-refractivity contribution in [1.82, 2.24) is 0 Å². The third kappa shape index (κ3) is 2.76. The molecular formula is C13H10O5. The summed E-state index contributed by atoms with van der Waals surface area (Å²) in [5, 5.41) is 8.45. The van der Waals surface area contributed by atoms with Gasteiger partial charge in [-0.15, -0.1) is 0 Å². The molecule has 1 aromatic heterocycles. The number of ether oxygens (including phenoxy) is 1. The van der Waals surface area contributed by atoms with Crippen LogP contribution in [0.25, 0.3) is 0 Å². The predicted octanol–water partition coefficient (Wildman–Crippen LogP) is 1.97. The molecule has 0 radical (unpaired) electrons. The average Bonchev–Trinajstić information content (AvgIpc) is 2.90. The van der Waals surface area contributed by atoms with E-state index in [1.807, 2.05) is 0 Å². The number of hydrogen-bond acceptors (Lipinski definition) is 4. The van der Waals surface area contributed by atoms with Crippen LogP contribution in [-0.4, -0.2) is 23.5 Å². The number of carboxylic acids is 1. The van der Waals surface area contributed by atoms with Crippen LogP contribution in [0.3, 0.4) is 0 Å². The van der Waals surface area contributed by atoms with Crippen molar-refractivity contribution >= 4 is 11.8 Å². The lowest BCUT2D eigenvalue weighted by molar-refractivity contribution is -0.139. The Bertz CT molecular complexity index is 539. The summed E-state index contributed by atoms with van der Waals surface area (Å²) in [5.41, 5.74) is 0.452. The quantitative estimate of drug-likeness (QED) is 0.816. The van der Waals surface area contributed by atoms with Gasteiger partial charge < -0.3 is 14.3 Å². The first-order valence-electron chi connectivity index (χ1n) is 5.19. The van der Waals surface area contributed by atoms with E-state index in [0.717, 1.165) is 0 Å². The first-order valence-corrected chi connectivity index (χ1v) is 5.19. The number of ketones is 1. The van der Waals surface area contributed by atoms with E-state index >= 15 is 0 Å². The lowest BCUT2D eigenvalue weighted by atomic mass is 10.1. The maximum absolute atomic E-state index is 11.9. The number of carbonyl (C=O) groups is 2. The van der Waals surface area contributed by atoms with E-state index in [1.165, 1.54) is 6.26 Å². The van der Waals surface area contributed by atoms with Crippen molar-refractivity contribution in [2.24, 2.45) is 0 Å². The van der Waals surface area contributed by atoms with Gasteiger partial charge in [0.15, 0.2) is 12.4 Å². The first kappa shape index (κ1) is 11.9. The summed E-state index contributed by atoms with van der Waals surface area (Å²) in [5.74, 6) is -0.627. The molecule has 0 bridgehead atoms. The van der Waals surface area contributed by atoms with Crippen LogP contribution in [0, 0.1) is 0 Å². The van der Waals surface area contributed by atoms with Crippen LogP contribution < -0.4 is 4.74 Å². The van der Waals surface area contributed by atoms with Crippen molar-refractivity contribution in [3.63, 3.8) is 0 Å². The molecule has 5 nitrogen and oxygen atoms in total. The molecule has 0 unspecified atom stereocenters. The van der Waals surface area contributed by atoms with Crippen LogP contribution in [-0.2, 0) is 4.79 Å². The van der Waals surface area contributed by atoms with E-state index in [4.69, 9.17) is 14.3 Å². The minimum atomic E-state index is -1.05. The topological polar surface area (TPSA) is 76.7 Å². The molecule has 5 heteroatoms. The van der Waals surface area contributed by atoms with E-state index in [9.17, 15) is 9.59 Å². The summed E-state index contributed by atoms with van der Waals surface area (Å²) in [6, 6.07) is 9.41. The fourth-order valence-corrected chi connectivity index (χ4v) is 1.40. The Labute approximate surface area is 103 Å². The van der Waals surface area contributed by atoms with Crippen molar-refractivity contribution in [3.05, 3.63) is 54.0 Å². The Morgan fingerprint density at radius 2 is 1.89 bits per heavy atom. The molecule has 0 spiro atoms. The normalized spacial score (nSPS) is 10.0. The SMILES string of the molecule is O=C(O)COc1ccc(C(=O)c2ccco2)cc1. The largest absolute Gasteiger partial charge is 0.482 e. The van der Waals surface area contributed by atoms with Crippen LogP contribution >= 0.6 is 0 Å². The molecule has 2 rings (SSSR count). The summed E-state index contributed by atoms with van der Waals surface area (Å²) in [4.78, 5) is 22.2. The Balaban J connectivity index is 2.08. The fraction of sp³-hybridized carbons (Fsp3) is 0.0769. The monoisotopic (exact) mass is 246 g/mol. The van der Waals surface area contributed by atoms with Crippen LogP contribution in [0.5, 0.6) is 5.75 Å². The zero-order chi connectivity index (χ0) is 13.0. The molecule has 1 N–H and O–H groups in total. The highest BCUT2D eigenvalue weighted by Gasteiger charge is 2.11. The molecule has 0 aliphatic carbocycles. The van der Waals surface area contributed by atoms with Gasteiger partial charge in [-0.25, -0.2) is 4.79 Å². The molecule has 92 valence electrons. The highest BCUT2D eigenvalue weighted by Crippen LogP contribution is 2.15. The first-order chi connectivity index (χ1) is 8.66. The zero-order valence-corrected chi connectivity index (χ0v) is 9.33. The summed E-state index contributed by atoms with van der Waals surface area (Å²) in [6.45, 7) is -0.411. The third-order valence-corrected chi connectivity index (χ3v) is 2.22. The van der Waals surface area contributed by atoms with Gasteiger partial charge >= 0.3 is 5.97 Å². The molecule has 0 amide bonds. The summed E-state index contributed by atoms with van der Waals surface area (Å²) < 4.78 is 9.96. The van der Waals surface area contributed by atoms with Crippen LogP contribution in [0.2, 0.25) is 0 Å². The standard InChI is InChI=1S/C13H10O5/c14-12(15)8-18-10-5-3-9(4-6-10)13(16)11-2-1-7-17-11/h1-7H,8H2,(H,14,15). The van der Waals surface area contributed by atoms with Crippen molar-refractivity contribution in [3.8, 4) is 5.75 Å². The fourth-order valence-electron chi connectivity index (χ4n) is 1.40. The molecule has 0 atom stereocenters. The molecule has 0 saturated heterocycles. The highest BCUT2D eigenvalue weighted by atomic mass is 16.5. The molecule has 1 aromatic carbocycles. The molecule has 0 saturated carbocycles. The maximum atomic E-state index is 11.9. The number of benzene rings is 1. The van der Waals surface area contributed by atoms with Gasteiger partial charge in [-0.3, -0.25) is 4.79 Å². The number of carbonyl (C=O) groups excluding carboxylic acids is 1. The van der Waals surface area contributed by atoms with Gasteiger partial charge in [0, 0.05) is 5.56 Å². The van der Waals surface area contributed by atoms with Crippen molar-refractivity contribution < 1.29 is 23.8 Å². The Morgan fingerprint density at radius 3 is 2.44 bits per heavy atom. The molecule has 18 heavy (non-hydrogen) atoms. The van der Waals surface area contributed by atoms with E-state index in [1.54, 1.807) is 36.4 Å². The van der Waals surface area contributed by atoms with E-state index < -0.39 is 12.6 Å². The predicted molar refractivity (Wildman–Crippen MR) is 61.7 cm³/mol. The molecule has 2 aromatic rings. The summed E-state index contributed by atoms with van der Waals surface area (Å²) in [7, 11) is 0. The number of carboxylic acid groups (broad SMARTS) is 1. The third-order valence-electron chi connectivity index (χ3n) is 2.22. The second-order valence-electron chi connectivity index (χ2n) is 3.51. The van der Waals surface area contributed by atoms with E-state index in [2.05, 4.69) is 0 Å². The lowest BCUT2D eigenvalue weighted by Crippen LogP contribution is -2.09. The Hall–Kier alpha value is -2.56. The Morgan fingerprint density at radius 1 is 1.17 bits per heavy atom. The summed E-state index contributed by atoms with van der Waals surface area (Å²) >= 11 is 0. The summed E-state index contributed by atoms with van der Waals surface area (Å²) in [6.07, 6.45) is 1.43. The van der Waals surface area contributed by atoms with Crippen LogP contribution in [0.1, 0.15) is 16.1 Å². The van der Waals surface area contributed by atoms with Gasteiger partial charge in [0.1, 0.15) is 5.75 Å². The van der Waals surface area contributed by atoms with Crippen molar-refractivity contribution in [2.45, 2.75) is 0 Å². The van der Waals surface area contributed by atoms with E-state index in [-0.39, 0.29) is 11.5 Å². The molecule has 0 fully saturated rings. The van der Waals surface area contributed by atoms with Gasteiger partial charge in [0.2, 0.25) is 5.78 Å². The van der Waals surface area contributed by atoms with Crippen molar-refractivity contribution in [2.75, 3.05) is 6.61 Å². The van der Waals surface area contributed by atoms with Crippen LogP contribution in [0.15, 0.2) is 47.1 Å². The molecular weight excluding hydrogens is 236 g/mol.